The van der Waals surface area contributed by atoms with Crippen LogP contribution >= 0.6 is 0 Å². The zero-order chi connectivity index (χ0) is 15.7. The van der Waals surface area contributed by atoms with Crippen molar-refractivity contribution in [3.63, 3.8) is 0 Å². The van der Waals surface area contributed by atoms with E-state index in [2.05, 4.69) is 20.3 Å². The van der Waals surface area contributed by atoms with Gasteiger partial charge in [-0.15, -0.1) is 0 Å². The van der Waals surface area contributed by atoms with Gasteiger partial charge in [0.1, 0.15) is 11.5 Å². The number of hydrogen-bond donors (Lipinski definition) is 2. The molecule has 1 heterocycles. The smallest absolute Gasteiger partial charge is 0.354 e. The second-order valence-electron chi connectivity index (χ2n) is 4.23. The van der Waals surface area contributed by atoms with Gasteiger partial charge in [-0.05, 0) is 38.5 Å². The second-order valence-corrected chi connectivity index (χ2v) is 4.23. The number of aliphatic imine (C=N–C) groups is 2. The number of carboxylic acids is 1. The minimum absolute atomic E-state index is 0.0157. The first-order valence-electron chi connectivity index (χ1n) is 6.72. The van der Waals surface area contributed by atoms with Crippen molar-refractivity contribution in [1.29, 1.82) is 0 Å². The van der Waals surface area contributed by atoms with Crippen LogP contribution < -0.4 is 5.32 Å². The number of rotatable bonds is 7. The Balaban J connectivity index is 2.89. The van der Waals surface area contributed by atoms with E-state index in [1.807, 2.05) is 26.0 Å². The summed E-state index contributed by atoms with van der Waals surface area (Å²) in [6, 6.07) is 3.80. The molecule has 0 saturated heterocycles. The fraction of sp³-hybridized carbons (Fsp3) is 0.333. The van der Waals surface area contributed by atoms with Crippen molar-refractivity contribution in [3.05, 3.63) is 35.2 Å². The van der Waals surface area contributed by atoms with Crippen molar-refractivity contribution in [2.24, 2.45) is 9.98 Å². The number of nitrogens with one attached hydrogen (secondary N) is 1. The standard InChI is InChI=1S/C15H20N4O2/c1-4-16-10-18-14-11(3)6-7-12(19-14)8-9-13(15(20)21)17-5-2/h5-7,9-10H,4,8H2,1-3H3,(H,20,21)(H,16,18,19)/b13-9-,17-5?. The lowest BCUT2D eigenvalue weighted by Crippen LogP contribution is -2.03. The third-order valence-electron chi connectivity index (χ3n) is 2.62. The molecule has 1 rings (SSSR count). The second kappa shape index (κ2) is 8.63. The van der Waals surface area contributed by atoms with Crippen LogP contribution in [0.15, 0.2) is 33.9 Å². The number of aryl methyl sites for hydroxylation is 1. The number of pyridine rings is 1. The number of anilines is 1. The topological polar surface area (TPSA) is 86.9 Å². The quantitative estimate of drug-likeness (QED) is 0.458. The maximum Gasteiger partial charge on any atom is 0.354 e. The van der Waals surface area contributed by atoms with Crippen molar-refractivity contribution >= 4 is 24.3 Å². The van der Waals surface area contributed by atoms with E-state index in [4.69, 9.17) is 5.11 Å². The summed E-state index contributed by atoms with van der Waals surface area (Å²) in [5.74, 6) is -0.331. The summed E-state index contributed by atoms with van der Waals surface area (Å²) in [6.45, 7) is 6.27. The Morgan fingerprint density at radius 2 is 2.24 bits per heavy atom. The zero-order valence-corrected chi connectivity index (χ0v) is 12.5. The maximum atomic E-state index is 11.0. The van der Waals surface area contributed by atoms with Gasteiger partial charge in [0, 0.05) is 24.9 Å². The van der Waals surface area contributed by atoms with Gasteiger partial charge in [0.15, 0.2) is 0 Å². The molecule has 0 amide bonds. The van der Waals surface area contributed by atoms with Gasteiger partial charge in [-0.1, -0.05) is 6.07 Å². The molecule has 1 aromatic heterocycles. The van der Waals surface area contributed by atoms with Crippen LogP contribution in [0.5, 0.6) is 0 Å². The van der Waals surface area contributed by atoms with Crippen LogP contribution in [0, 0.1) is 6.92 Å². The van der Waals surface area contributed by atoms with Crippen molar-refractivity contribution in [3.8, 4) is 0 Å². The Labute approximate surface area is 124 Å². The molecule has 0 aliphatic carbocycles. The molecule has 2 N–H and O–H groups in total. The Morgan fingerprint density at radius 3 is 2.86 bits per heavy atom. The highest BCUT2D eigenvalue weighted by atomic mass is 16.4. The Kier molecular flexibility index (Phi) is 6.80. The van der Waals surface area contributed by atoms with Crippen molar-refractivity contribution < 1.29 is 9.90 Å². The normalized spacial score (nSPS) is 12.2. The molecule has 1 aromatic rings. The lowest BCUT2D eigenvalue weighted by atomic mass is 10.2. The zero-order valence-electron chi connectivity index (χ0n) is 12.5. The minimum Gasteiger partial charge on any atom is -0.477 e. The fourth-order valence-corrected chi connectivity index (χ4v) is 1.56. The maximum absolute atomic E-state index is 11.0. The largest absolute Gasteiger partial charge is 0.477 e. The molecule has 6 heteroatoms. The highest BCUT2D eigenvalue weighted by molar-refractivity contribution is 5.87. The summed E-state index contributed by atoms with van der Waals surface area (Å²) in [6.07, 6.45) is 5.01. The molecule has 0 aliphatic heterocycles. The van der Waals surface area contributed by atoms with Crippen molar-refractivity contribution in [1.82, 2.24) is 4.98 Å². The lowest BCUT2D eigenvalue weighted by molar-refractivity contribution is -0.132. The number of aromatic nitrogens is 1. The van der Waals surface area contributed by atoms with Gasteiger partial charge in [-0.2, -0.15) is 0 Å². The number of aliphatic carboxylic acids is 1. The number of hydrogen-bond acceptors (Lipinski definition) is 4. The summed E-state index contributed by atoms with van der Waals surface area (Å²) in [5.41, 5.74) is 1.77. The average molecular weight is 288 g/mol. The van der Waals surface area contributed by atoms with E-state index in [0.29, 0.717) is 18.8 Å². The molecular formula is C15H20N4O2. The van der Waals surface area contributed by atoms with E-state index in [1.54, 1.807) is 19.3 Å². The molecule has 0 aromatic carbocycles. The van der Waals surface area contributed by atoms with Crippen molar-refractivity contribution in [2.75, 3.05) is 11.9 Å². The molecule has 0 aliphatic rings. The van der Waals surface area contributed by atoms with Gasteiger partial charge in [0.2, 0.25) is 0 Å². The minimum atomic E-state index is -1.05. The van der Waals surface area contributed by atoms with E-state index >= 15 is 0 Å². The molecule has 112 valence electrons. The Hall–Kier alpha value is -2.50. The van der Waals surface area contributed by atoms with Crippen LogP contribution in [-0.2, 0) is 11.2 Å². The van der Waals surface area contributed by atoms with Crippen LogP contribution in [0.25, 0.3) is 0 Å². The molecule has 0 unspecified atom stereocenters. The summed E-state index contributed by atoms with van der Waals surface area (Å²) < 4.78 is 0. The van der Waals surface area contributed by atoms with E-state index in [-0.39, 0.29) is 5.70 Å². The van der Waals surface area contributed by atoms with Gasteiger partial charge >= 0.3 is 5.97 Å². The Bertz CT molecular complexity index is 577. The molecule has 6 nitrogen and oxygen atoms in total. The predicted octanol–water partition coefficient (Wildman–Crippen LogP) is 2.45. The van der Waals surface area contributed by atoms with Gasteiger partial charge in [0.25, 0.3) is 0 Å². The molecule has 0 spiro atoms. The van der Waals surface area contributed by atoms with Gasteiger partial charge < -0.3 is 10.4 Å². The van der Waals surface area contributed by atoms with E-state index in [9.17, 15) is 4.79 Å². The van der Waals surface area contributed by atoms with Crippen molar-refractivity contribution in [2.45, 2.75) is 27.2 Å². The molecule has 0 saturated carbocycles. The van der Waals surface area contributed by atoms with Gasteiger partial charge in [-0.25, -0.2) is 9.78 Å². The molecule has 0 atom stereocenters. The monoisotopic (exact) mass is 288 g/mol. The molecule has 21 heavy (non-hydrogen) atoms. The van der Waals surface area contributed by atoms with Crippen LogP contribution in [0.2, 0.25) is 0 Å². The first-order valence-corrected chi connectivity index (χ1v) is 6.72. The molecule has 0 radical (unpaired) electrons. The first-order chi connectivity index (χ1) is 10.1. The molecular weight excluding hydrogens is 268 g/mol. The van der Waals surface area contributed by atoms with Crippen LogP contribution in [-0.4, -0.2) is 35.2 Å². The van der Waals surface area contributed by atoms with Crippen LogP contribution in [0.3, 0.4) is 0 Å². The van der Waals surface area contributed by atoms with E-state index in [1.165, 1.54) is 6.21 Å². The number of allylic oxidation sites excluding steroid dienone is 1. The van der Waals surface area contributed by atoms with E-state index in [0.717, 1.165) is 11.3 Å². The number of carboxylic acid groups (broad SMARTS) is 1. The fourth-order valence-electron chi connectivity index (χ4n) is 1.56. The first kappa shape index (κ1) is 16.6. The molecule has 0 bridgehead atoms. The summed E-state index contributed by atoms with van der Waals surface area (Å²) in [5, 5.41) is 12.0. The highest BCUT2D eigenvalue weighted by Crippen LogP contribution is 2.13. The lowest BCUT2D eigenvalue weighted by Gasteiger charge is -2.06. The summed E-state index contributed by atoms with van der Waals surface area (Å²) >= 11 is 0. The van der Waals surface area contributed by atoms with Gasteiger partial charge in [-0.3, -0.25) is 9.98 Å². The summed E-state index contributed by atoms with van der Waals surface area (Å²) in [4.78, 5) is 23.3. The molecule has 0 fully saturated rings. The highest BCUT2D eigenvalue weighted by Gasteiger charge is 2.05. The predicted molar refractivity (Wildman–Crippen MR) is 85.2 cm³/mol. The summed E-state index contributed by atoms with van der Waals surface area (Å²) in [7, 11) is 0. The van der Waals surface area contributed by atoms with Crippen LogP contribution in [0.1, 0.15) is 25.1 Å². The number of carbonyl (C=O) groups is 1. The number of nitrogens with zero attached hydrogens (tertiary/aromatic N) is 3. The van der Waals surface area contributed by atoms with E-state index < -0.39 is 5.97 Å². The average Bonchev–Trinajstić information content (AvgIpc) is 2.46. The SMILES string of the molecule is CC=N/C(=C\Cc1ccc(C)c(NC=NCC)n1)C(=O)O. The third kappa shape index (κ3) is 5.56. The third-order valence-corrected chi connectivity index (χ3v) is 2.62. The van der Waals surface area contributed by atoms with Crippen LogP contribution in [0.4, 0.5) is 5.82 Å². The van der Waals surface area contributed by atoms with Gasteiger partial charge in [0.05, 0.1) is 6.34 Å². The Morgan fingerprint density at radius 1 is 1.48 bits per heavy atom.